The van der Waals surface area contributed by atoms with Gasteiger partial charge in [-0.1, -0.05) is 42.5 Å². The predicted octanol–water partition coefficient (Wildman–Crippen LogP) is 2.60. The zero-order valence-corrected chi connectivity index (χ0v) is 18.8. The van der Waals surface area contributed by atoms with Crippen molar-refractivity contribution in [2.45, 2.75) is 30.8 Å². The number of fused-ring (bicyclic) bond motifs is 1. The van der Waals surface area contributed by atoms with Crippen molar-refractivity contribution in [1.29, 1.82) is 0 Å². The first-order valence-corrected chi connectivity index (χ1v) is 11.3. The van der Waals surface area contributed by atoms with Crippen LogP contribution in [0.4, 0.5) is 10.7 Å². The maximum atomic E-state index is 12.4. The van der Waals surface area contributed by atoms with Crippen LogP contribution in [0.1, 0.15) is 5.56 Å². The van der Waals surface area contributed by atoms with E-state index in [9.17, 15) is 4.79 Å². The fourth-order valence-electron chi connectivity index (χ4n) is 4.34. The van der Waals surface area contributed by atoms with Gasteiger partial charge in [0.25, 0.3) is 0 Å². The number of amides is 2. The maximum Gasteiger partial charge on any atom is 0.315 e. The molecule has 3 heterocycles. The number of para-hydroxylation sites is 1. The second-order valence-electron chi connectivity index (χ2n) is 8.23. The van der Waals surface area contributed by atoms with E-state index in [1.807, 2.05) is 60.7 Å². The second kappa shape index (κ2) is 10.1. The van der Waals surface area contributed by atoms with E-state index in [1.165, 1.54) is 0 Å². The smallest absolute Gasteiger partial charge is 0.315 e. The van der Waals surface area contributed by atoms with Crippen LogP contribution in [0.3, 0.4) is 0 Å². The van der Waals surface area contributed by atoms with Gasteiger partial charge in [0.2, 0.25) is 5.95 Å². The molecule has 2 amide bonds. The van der Waals surface area contributed by atoms with E-state index >= 15 is 0 Å². The molecule has 2 fully saturated rings. The molecule has 4 atom stereocenters. The molecule has 2 aliphatic heterocycles. The molecule has 9 heteroatoms. The predicted molar refractivity (Wildman–Crippen MR) is 127 cm³/mol. The fraction of sp³-hybridized carbons (Fsp3) is 0.320. The van der Waals surface area contributed by atoms with Gasteiger partial charge in [-0.2, -0.15) is 0 Å². The topological polar surface area (TPSA) is 107 Å². The van der Waals surface area contributed by atoms with Crippen molar-refractivity contribution in [1.82, 2.24) is 20.6 Å². The van der Waals surface area contributed by atoms with Crippen LogP contribution in [-0.4, -0.2) is 60.6 Å². The Labute approximate surface area is 197 Å². The number of methoxy groups -OCH3 is 1. The summed E-state index contributed by atoms with van der Waals surface area (Å²) in [5, 5.41) is 9.20. The van der Waals surface area contributed by atoms with Crippen LogP contribution in [-0.2, 0) is 16.0 Å². The summed E-state index contributed by atoms with van der Waals surface area (Å²) >= 11 is 0. The maximum absolute atomic E-state index is 12.4. The fourth-order valence-corrected chi connectivity index (χ4v) is 4.34. The molecule has 2 aromatic carbocycles. The molecule has 0 spiro atoms. The van der Waals surface area contributed by atoms with Gasteiger partial charge in [0.1, 0.15) is 18.0 Å². The molecule has 0 radical (unpaired) electrons. The van der Waals surface area contributed by atoms with Crippen LogP contribution in [0.5, 0.6) is 5.75 Å². The van der Waals surface area contributed by atoms with Crippen molar-refractivity contribution in [2.24, 2.45) is 0 Å². The number of rotatable bonds is 7. The quantitative estimate of drug-likeness (QED) is 0.497. The van der Waals surface area contributed by atoms with Crippen molar-refractivity contribution < 1.29 is 19.0 Å². The molecule has 0 aliphatic carbocycles. The zero-order valence-electron chi connectivity index (χ0n) is 18.8. The van der Waals surface area contributed by atoms with E-state index in [-0.39, 0.29) is 30.3 Å². The van der Waals surface area contributed by atoms with E-state index < -0.39 is 0 Å². The van der Waals surface area contributed by atoms with Crippen molar-refractivity contribution in [2.75, 3.05) is 25.6 Å². The van der Waals surface area contributed by atoms with Gasteiger partial charge < -0.3 is 30.2 Å². The Hall–Kier alpha value is -3.69. The number of hydrogen-bond donors (Lipinski definition) is 3. The first-order valence-electron chi connectivity index (χ1n) is 11.3. The third kappa shape index (κ3) is 4.80. The first kappa shape index (κ1) is 22.1. The average molecular weight is 462 g/mol. The Morgan fingerprint density at radius 1 is 1.00 bits per heavy atom. The SMILES string of the molecule is COc1ccccc1-c1ccnc(NC2COC3C(NC(=O)NCc4ccccc4)COC23)n1. The van der Waals surface area contributed by atoms with Crippen molar-refractivity contribution in [3.63, 3.8) is 0 Å². The van der Waals surface area contributed by atoms with Crippen molar-refractivity contribution in [3.05, 3.63) is 72.4 Å². The molecule has 9 nitrogen and oxygen atoms in total. The van der Waals surface area contributed by atoms with Crippen LogP contribution in [0.15, 0.2) is 66.9 Å². The molecule has 0 saturated carbocycles. The highest BCUT2D eigenvalue weighted by atomic mass is 16.6. The van der Waals surface area contributed by atoms with Crippen LogP contribution in [0.2, 0.25) is 0 Å². The molecule has 0 bridgehead atoms. The number of urea groups is 1. The van der Waals surface area contributed by atoms with Gasteiger partial charge in [-0.05, 0) is 23.8 Å². The van der Waals surface area contributed by atoms with Gasteiger partial charge in [0.05, 0.1) is 38.1 Å². The summed E-state index contributed by atoms with van der Waals surface area (Å²) in [5.74, 6) is 1.23. The molecular formula is C25H27N5O4. The summed E-state index contributed by atoms with van der Waals surface area (Å²) in [6.07, 6.45) is 1.26. The third-order valence-electron chi connectivity index (χ3n) is 6.02. The summed E-state index contributed by atoms with van der Waals surface area (Å²) in [6, 6.07) is 18.7. The summed E-state index contributed by atoms with van der Waals surface area (Å²) in [6.45, 7) is 1.27. The van der Waals surface area contributed by atoms with Crippen LogP contribution < -0.4 is 20.7 Å². The summed E-state index contributed by atoms with van der Waals surface area (Å²) in [5.41, 5.74) is 2.68. The molecule has 2 saturated heterocycles. The molecule has 176 valence electrons. The minimum atomic E-state index is -0.244. The van der Waals surface area contributed by atoms with E-state index in [2.05, 4.69) is 25.9 Å². The van der Waals surface area contributed by atoms with Gasteiger partial charge in [0.15, 0.2) is 0 Å². The van der Waals surface area contributed by atoms with Crippen LogP contribution >= 0.6 is 0 Å². The normalized spacial score (nSPS) is 23.2. The van der Waals surface area contributed by atoms with Crippen LogP contribution in [0.25, 0.3) is 11.3 Å². The lowest BCUT2D eigenvalue weighted by molar-refractivity contribution is 0.0682. The van der Waals surface area contributed by atoms with E-state index in [1.54, 1.807) is 13.3 Å². The average Bonchev–Trinajstić information content (AvgIpc) is 3.47. The minimum absolute atomic E-state index is 0.128. The molecule has 3 aromatic rings. The Morgan fingerprint density at radius 3 is 2.56 bits per heavy atom. The monoisotopic (exact) mass is 461 g/mol. The molecule has 34 heavy (non-hydrogen) atoms. The number of anilines is 1. The Morgan fingerprint density at radius 2 is 1.74 bits per heavy atom. The Kier molecular flexibility index (Phi) is 6.55. The zero-order chi connectivity index (χ0) is 23.3. The number of hydrogen-bond acceptors (Lipinski definition) is 7. The summed E-state index contributed by atoms with van der Waals surface area (Å²) in [7, 11) is 1.64. The molecule has 1 aromatic heterocycles. The van der Waals surface area contributed by atoms with Crippen LogP contribution in [0, 0.1) is 0 Å². The van der Waals surface area contributed by atoms with Gasteiger partial charge in [0, 0.05) is 18.3 Å². The Balaban J connectivity index is 1.18. The number of nitrogens with one attached hydrogen (secondary N) is 3. The number of nitrogens with zero attached hydrogens (tertiary/aromatic N) is 2. The number of benzene rings is 2. The number of ether oxygens (including phenoxy) is 3. The molecule has 5 rings (SSSR count). The third-order valence-corrected chi connectivity index (χ3v) is 6.02. The molecule has 4 unspecified atom stereocenters. The van der Waals surface area contributed by atoms with E-state index in [0.29, 0.717) is 25.7 Å². The molecule has 3 N–H and O–H groups in total. The lowest BCUT2D eigenvalue weighted by Crippen LogP contribution is -2.48. The number of carbonyl (C=O) groups excluding carboxylic acids is 1. The molecule has 2 aliphatic rings. The first-order chi connectivity index (χ1) is 16.7. The van der Waals surface area contributed by atoms with Gasteiger partial charge in [-0.3, -0.25) is 0 Å². The Bertz CT molecular complexity index is 1130. The van der Waals surface area contributed by atoms with Crippen molar-refractivity contribution in [3.8, 4) is 17.0 Å². The largest absolute Gasteiger partial charge is 0.496 e. The van der Waals surface area contributed by atoms with Crippen molar-refractivity contribution >= 4 is 12.0 Å². The lowest BCUT2D eigenvalue weighted by atomic mass is 10.1. The second-order valence-corrected chi connectivity index (χ2v) is 8.23. The minimum Gasteiger partial charge on any atom is -0.496 e. The summed E-state index contributed by atoms with van der Waals surface area (Å²) < 4.78 is 17.4. The van der Waals surface area contributed by atoms with Gasteiger partial charge in [-0.15, -0.1) is 0 Å². The number of carbonyl (C=O) groups is 1. The highest BCUT2D eigenvalue weighted by Gasteiger charge is 2.48. The highest BCUT2D eigenvalue weighted by molar-refractivity contribution is 5.74. The summed E-state index contributed by atoms with van der Waals surface area (Å²) in [4.78, 5) is 21.4. The standard InChI is InChI=1S/C25H27N5O4/c1-32-21-10-6-5-9-17(21)18-11-12-26-24(28-18)29-19-14-33-23-20(15-34-22(19)23)30-25(31)27-13-16-7-3-2-4-8-16/h2-12,19-20,22-23H,13-15H2,1H3,(H,26,28,29)(H2,27,30,31). The lowest BCUT2D eigenvalue weighted by Gasteiger charge is -2.19. The highest BCUT2D eigenvalue weighted by Crippen LogP contribution is 2.30. The van der Waals surface area contributed by atoms with E-state index in [0.717, 1.165) is 22.6 Å². The van der Waals surface area contributed by atoms with Gasteiger partial charge >= 0.3 is 6.03 Å². The molecular weight excluding hydrogens is 434 g/mol. The van der Waals surface area contributed by atoms with E-state index in [4.69, 9.17) is 14.2 Å². The number of aromatic nitrogens is 2. The van der Waals surface area contributed by atoms with Gasteiger partial charge in [-0.25, -0.2) is 14.8 Å².